The van der Waals surface area contributed by atoms with E-state index in [9.17, 15) is 14.3 Å². The highest BCUT2D eigenvalue weighted by molar-refractivity contribution is 5.93. The van der Waals surface area contributed by atoms with E-state index in [4.69, 9.17) is 5.73 Å². The lowest BCUT2D eigenvalue weighted by Crippen LogP contribution is -2.13. The normalized spacial score (nSPS) is 11.9. The molecule has 104 valence electrons. The molecule has 0 bridgehead atoms. The average molecular weight is 274 g/mol. The van der Waals surface area contributed by atoms with E-state index in [-0.39, 0.29) is 23.0 Å². The zero-order chi connectivity index (χ0) is 14.7. The molecule has 0 aliphatic carbocycles. The standard InChI is InChI=1S/C15H15FN2O2/c1-9(10-3-2-4-12(19)7-10)18-14-8-11(15(17)20)5-6-13(14)16/h2-9,18-19H,1H3,(H2,17,20). The number of halogens is 1. The number of rotatable bonds is 4. The van der Waals surface area contributed by atoms with Crippen LogP contribution in [0, 0.1) is 5.82 Å². The quantitative estimate of drug-likeness (QED) is 0.802. The van der Waals surface area contributed by atoms with Gasteiger partial charge in [-0.3, -0.25) is 4.79 Å². The zero-order valence-corrected chi connectivity index (χ0v) is 10.9. The van der Waals surface area contributed by atoms with E-state index in [1.54, 1.807) is 18.2 Å². The van der Waals surface area contributed by atoms with Crippen molar-refractivity contribution in [2.45, 2.75) is 13.0 Å². The molecule has 4 nitrogen and oxygen atoms in total. The van der Waals surface area contributed by atoms with Gasteiger partial charge in [-0.15, -0.1) is 0 Å². The maximum Gasteiger partial charge on any atom is 0.248 e. The number of aromatic hydroxyl groups is 1. The van der Waals surface area contributed by atoms with E-state index in [1.807, 2.05) is 13.0 Å². The fourth-order valence-electron chi connectivity index (χ4n) is 1.90. The predicted molar refractivity (Wildman–Crippen MR) is 75.1 cm³/mol. The topological polar surface area (TPSA) is 75.3 Å². The number of carbonyl (C=O) groups excluding carboxylic acids is 1. The highest BCUT2D eigenvalue weighted by atomic mass is 19.1. The first kappa shape index (κ1) is 13.9. The van der Waals surface area contributed by atoms with Crippen LogP contribution in [-0.2, 0) is 0 Å². The van der Waals surface area contributed by atoms with Crippen LogP contribution in [-0.4, -0.2) is 11.0 Å². The van der Waals surface area contributed by atoms with Gasteiger partial charge >= 0.3 is 0 Å². The smallest absolute Gasteiger partial charge is 0.248 e. The molecule has 1 atom stereocenters. The first-order valence-corrected chi connectivity index (χ1v) is 6.12. The summed E-state index contributed by atoms with van der Waals surface area (Å²) in [6.07, 6.45) is 0. The molecular weight excluding hydrogens is 259 g/mol. The predicted octanol–water partition coefficient (Wildman–Crippen LogP) is 2.80. The number of amides is 1. The second-order valence-corrected chi connectivity index (χ2v) is 4.52. The van der Waals surface area contributed by atoms with Crippen LogP contribution in [0.25, 0.3) is 0 Å². The molecule has 0 saturated carbocycles. The Kier molecular flexibility index (Phi) is 3.89. The van der Waals surface area contributed by atoms with E-state index in [1.165, 1.54) is 18.2 Å². The number of anilines is 1. The van der Waals surface area contributed by atoms with E-state index < -0.39 is 11.7 Å². The van der Waals surface area contributed by atoms with Crippen LogP contribution < -0.4 is 11.1 Å². The number of primary amides is 1. The molecule has 0 fully saturated rings. The number of nitrogens with two attached hydrogens (primary N) is 1. The third-order valence-corrected chi connectivity index (χ3v) is 2.99. The largest absolute Gasteiger partial charge is 0.508 e. The Morgan fingerprint density at radius 2 is 2.05 bits per heavy atom. The van der Waals surface area contributed by atoms with Crippen LogP contribution in [0.15, 0.2) is 42.5 Å². The molecular formula is C15H15FN2O2. The van der Waals surface area contributed by atoms with Gasteiger partial charge in [0.2, 0.25) is 5.91 Å². The van der Waals surface area contributed by atoms with Gasteiger partial charge < -0.3 is 16.2 Å². The highest BCUT2D eigenvalue weighted by Gasteiger charge is 2.11. The second-order valence-electron chi connectivity index (χ2n) is 4.52. The Bertz CT molecular complexity index is 644. The van der Waals surface area contributed by atoms with Crippen LogP contribution in [0.4, 0.5) is 10.1 Å². The van der Waals surface area contributed by atoms with Crippen molar-refractivity contribution in [3.05, 3.63) is 59.4 Å². The molecule has 2 aromatic rings. The Labute approximate surface area is 116 Å². The van der Waals surface area contributed by atoms with Crippen LogP contribution in [0.3, 0.4) is 0 Å². The summed E-state index contributed by atoms with van der Waals surface area (Å²) in [6.45, 7) is 1.82. The molecule has 5 heteroatoms. The second kappa shape index (κ2) is 5.61. The molecule has 0 aliphatic heterocycles. The fraction of sp³-hybridized carbons (Fsp3) is 0.133. The molecule has 0 radical (unpaired) electrons. The summed E-state index contributed by atoms with van der Waals surface area (Å²) in [5.74, 6) is -0.942. The van der Waals surface area contributed by atoms with Crippen LogP contribution in [0.2, 0.25) is 0 Å². The first-order chi connectivity index (χ1) is 9.47. The number of benzene rings is 2. The molecule has 0 spiro atoms. The number of hydrogen-bond donors (Lipinski definition) is 3. The summed E-state index contributed by atoms with van der Waals surface area (Å²) >= 11 is 0. The minimum absolute atomic E-state index is 0.141. The molecule has 20 heavy (non-hydrogen) atoms. The van der Waals surface area contributed by atoms with Crippen molar-refractivity contribution in [2.75, 3.05) is 5.32 Å². The van der Waals surface area contributed by atoms with Crippen molar-refractivity contribution in [2.24, 2.45) is 5.73 Å². The van der Waals surface area contributed by atoms with Crippen molar-refractivity contribution >= 4 is 11.6 Å². The van der Waals surface area contributed by atoms with Gasteiger partial charge in [-0.2, -0.15) is 0 Å². The SMILES string of the molecule is CC(Nc1cc(C(N)=O)ccc1F)c1cccc(O)c1. The molecule has 0 saturated heterocycles. The number of hydrogen-bond acceptors (Lipinski definition) is 3. The lowest BCUT2D eigenvalue weighted by atomic mass is 10.1. The van der Waals surface area contributed by atoms with Gasteiger partial charge in [0.25, 0.3) is 0 Å². The lowest BCUT2D eigenvalue weighted by molar-refractivity contribution is 0.100. The molecule has 1 amide bonds. The van der Waals surface area contributed by atoms with Gasteiger partial charge in [0, 0.05) is 11.6 Å². The minimum atomic E-state index is -0.613. The van der Waals surface area contributed by atoms with Crippen LogP contribution >= 0.6 is 0 Å². The highest BCUT2D eigenvalue weighted by Crippen LogP contribution is 2.24. The third kappa shape index (κ3) is 3.06. The summed E-state index contributed by atoms with van der Waals surface area (Å²) in [6, 6.07) is 10.3. The van der Waals surface area contributed by atoms with E-state index in [2.05, 4.69) is 5.32 Å². The Morgan fingerprint density at radius 3 is 2.70 bits per heavy atom. The van der Waals surface area contributed by atoms with E-state index in [0.29, 0.717) is 0 Å². The summed E-state index contributed by atoms with van der Waals surface area (Å²) in [5.41, 5.74) is 6.40. The van der Waals surface area contributed by atoms with E-state index >= 15 is 0 Å². The Hall–Kier alpha value is -2.56. The first-order valence-electron chi connectivity index (χ1n) is 6.12. The molecule has 4 N–H and O–H groups in total. The fourth-order valence-corrected chi connectivity index (χ4v) is 1.90. The van der Waals surface area contributed by atoms with Gasteiger partial charge in [0.1, 0.15) is 11.6 Å². The lowest BCUT2D eigenvalue weighted by Gasteiger charge is -2.17. The molecule has 0 heterocycles. The van der Waals surface area contributed by atoms with Gasteiger partial charge in [-0.05, 0) is 42.8 Å². The number of phenols is 1. The van der Waals surface area contributed by atoms with Crippen molar-refractivity contribution < 1.29 is 14.3 Å². The molecule has 0 aliphatic rings. The van der Waals surface area contributed by atoms with Gasteiger partial charge in [0.05, 0.1) is 5.69 Å². The van der Waals surface area contributed by atoms with Gasteiger partial charge in [-0.1, -0.05) is 12.1 Å². The van der Waals surface area contributed by atoms with Gasteiger partial charge in [-0.25, -0.2) is 4.39 Å². The molecule has 2 rings (SSSR count). The van der Waals surface area contributed by atoms with Crippen LogP contribution in [0.5, 0.6) is 5.75 Å². The van der Waals surface area contributed by atoms with Gasteiger partial charge in [0.15, 0.2) is 0 Å². The Balaban J connectivity index is 2.25. The van der Waals surface area contributed by atoms with Crippen molar-refractivity contribution in [1.82, 2.24) is 0 Å². The summed E-state index contributed by atoms with van der Waals surface area (Å²) in [4.78, 5) is 11.1. The molecule has 1 unspecified atom stereocenters. The molecule has 0 aromatic heterocycles. The number of phenolic OH excluding ortho intramolecular Hbond substituents is 1. The minimum Gasteiger partial charge on any atom is -0.508 e. The van der Waals surface area contributed by atoms with E-state index in [0.717, 1.165) is 5.56 Å². The average Bonchev–Trinajstić information content (AvgIpc) is 2.41. The maximum absolute atomic E-state index is 13.7. The Morgan fingerprint density at radius 1 is 1.30 bits per heavy atom. The number of nitrogens with one attached hydrogen (secondary N) is 1. The molecule has 2 aromatic carbocycles. The van der Waals surface area contributed by atoms with Crippen molar-refractivity contribution in [3.8, 4) is 5.75 Å². The third-order valence-electron chi connectivity index (χ3n) is 2.99. The number of carbonyl (C=O) groups is 1. The monoisotopic (exact) mass is 274 g/mol. The summed E-state index contributed by atoms with van der Waals surface area (Å²) in [7, 11) is 0. The summed E-state index contributed by atoms with van der Waals surface area (Å²) < 4.78 is 13.7. The van der Waals surface area contributed by atoms with Crippen molar-refractivity contribution in [3.63, 3.8) is 0 Å². The summed E-state index contributed by atoms with van der Waals surface area (Å²) in [5, 5.41) is 12.4. The maximum atomic E-state index is 13.7. The van der Waals surface area contributed by atoms with Crippen LogP contribution in [0.1, 0.15) is 28.9 Å². The zero-order valence-electron chi connectivity index (χ0n) is 10.9. The van der Waals surface area contributed by atoms with Crippen molar-refractivity contribution in [1.29, 1.82) is 0 Å².